The molecule has 1 atom stereocenters. The van der Waals surface area contributed by atoms with Crippen LogP contribution >= 0.6 is 12.4 Å². The molecule has 0 amide bonds. The van der Waals surface area contributed by atoms with Crippen molar-refractivity contribution in [2.75, 3.05) is 27.9 Å². The van der Waals surface area contributed by atoms with E-state index < -0.39 is 5.41 Å². The van der Waals surface area contributed by atoms with Crippen molar-refractivity contribution in [2.24, 2.45) is 11.1 Å². The van der Waals surface area contributed by atoms with Crippen molar-refractivity contribution >= 4 is 12.4 Å². The van der Waals surface area contributed by atoms with Crippen LogP contribution in [0, 0.1) is 5.41 Å². The van der Waals surface area contributed by atoms with E-state index in [2.05, 4.69) is 0 Å². The summed E-state index contributed by atoms with van der Waals surface area (Å²) in [7, 11) is 4.67. The molecule has 0 aliphatic rings. The smallest absolute Gasteiger partial charge is 0.203 e. The maximum absolute atomic E-state index is 9.41. The largest absolute Gasteiger partial charge is 0.493 e. The highest BCUT2D eigenvalue weighted by molar-refractivity contribution is 5.85. The van der Waals surface area contributed by atoms with Crippen molar-refractivity contribution in [3.05, 3.63) is 17.7 Å². The summed E-state index contributed by atoms with van der Waals surface area (Å²) in [5, 5.41) is 9.41. The Bertz CT molecular complexity index is 412. The first-order valence-corrected chi connectivity index (χ1v) is 6.07. The molecule has 5 nitrogen and oxygen atoms in total. The standard InChI is InChI=1S/C14H23NO4.ClH/c1-14(2,8-16)13(15)9-6-10(17-3)12(19-5)11(7-9)18-4;/h6-7,13,16H,8,15H2,1-5H3;1H/t13-;/m1./s1. The lowest BCUT2D eigenvalue weighted by Crippen LogP contribution is -2.32. The van der Waals surface area contributed by atoms with Gasteiger partial charge < -0.3 is 25.1 Å². The fraction of sp³-hybridized carbons (Fsp3) is 0.571. The molecule has 0 aliphatic carbocycles. The van der Waals surface area contributed by atoms with Crippen LogP contribution in [0.5, 0.6) is 17.2 Å². The Morgan fingerprint density at radius 2 is 1.55 bits per heavy atom. The van der Waals surface area contributed by atoms with Gasteiger partial charge in [-0.1, -0.05) is 13.8 Å². The Morgan fingerprint density at radius 1 is 1.10 bits per heavy atom. The Morgan fingerprint density at radius 3 is 1.85 bits per heavy atom. The molecular formula is C14H24ClNO4. The molecule has 3 N–H and O–H groups in total. The lowest BCUT2D eigenvalue weighted by Gasteiger charge is -2.30. The lowest BCUT2D eigenvalue weighted by atomic mass is 9.81. The third-order valence-corrected chi connectivity index (χ3v) is 3.30. The summed E-state index contributed by atoms with van der Waals surface area (Å²) in [6.45, 7) is 3.80. The van der Waals surface area contributed by atoms with E-state index in [1.54, 1.807) is 21.3 Å². The molecule has 0 saturated heterocycles. The van der Waals surface area contributed by atoms with Crippen LogP contribution in [0.4, 0.5) is 0 Å². The minimum absolute atomic E-state index is 0. The van der Waals surface area contributed by atoms with Crippen molar-refractivity contribution < 1.29 is 19.3 Å². The molecule has 0 saturated carbocycles. The first-order chi connectivity index (χ1) is 8.91. The predicted octanol–water partition coefficient (Wildman–Crippen LogP) is 2.15. The Labute approximate surface area is 126 Å². The molecule has 0 aliphatic heterocycles. The summed E-state index contributed by atoms with van der Waals surface area (Å²) >= 11 is 0. The summed E-state index contributed by atoms with van der Waals surface area (Å²) in [4.78, 5) is 0. The van der Waals surface area contributed by atoms with Gasteiger partial charge in [0.2, 0.25) is 5.75 Å². The number of aliphatic hydroxyl groups excluding tert-OH is 1. The van der Waals surface area contributed by atoms with Crippen molar-refractivity contribution in [1.29, 1.82) is 0 Å². The average Bonchev–Trinajstić information content (AvgIpc) is 2.44. The number of rotatable bonds is 6. The van der Waals surface area contributed by atoms with Crippen LogP contribution in [0.3, 0.4) is 0 Å². The number of ether oxygens (including phenoxy) is 3. The van der Waals surface area contributed by atoms with Gasteiger partial charge in [-0.05, 0) is 17.7 Å². The van der Waals surface area contributed by atoms with Gasteiger partial charge in [-0.3, -0.25) is 0 Å². The van der Waals surface area contributed by atoms with E-state index in [4.69, 9.17) is 19.9 Å². The van der Waals surface area contributed by atoms with Crippen LogP contribution < -0.4 is 19.9 Å². The second-order valence-corrected chi connectivity index (χ2v) is 5.08. The van der Waals surface area contributed by atoms with Gasteiger partial charge in [0.15, 0.2) is 11.5 Å². The third-order valence-electron chi connectivity index (χ3n) is 3.30. The molecule has 1 aromatic carbocycles. The van der Waals surface area contributed by atoms with Gasteiger partial charge in [-0.25, -0.2) is 0 Å². The summed E-state index contributed by atoms with van der Waals surface area (Å²) in [5.41, 5.74) is 6.60. The minimum Gasteiger partial charge on any atom is -0.493 e. The minimum atomic E-state index is -0.440. The zero-order valence-corrected chi connectivity index (χ0v) is 13.4. The van der Waals surface area contributed by atoms with Crippen molar-refractivity contribution in [1.82, 2.24) is 0 Å². The van der Waals surface area contributed by atoms with E-state index >= 15 is 0 Å². The molecule has 0 aromatic heterocycles. The summed E-state index contributed by atoms with van der Waals surface area (Å²) < 4.78 is 15.9. The van der Waals surface area contributed by atoms with E-state index in [-0.39, 0.29) is 25.1 Å². The monoisotopic (exact) mass is 305 g/mol. The second-order valence-electron chi connectivity index (χ2n) is 5.08. The van der Waals surface area contributed by atoms with Gasteiger partial charge in [0.25, 0.3) is 0 Å². The van der Waals surface area contributed by atoms with Crippen molar-refractivity contribution in [3.63, 3.8) is 0 Å². The van der Waals surface area contributed by atoms with Crippen LogP contribution in [0.25, 0.3) is 0 Å². The molecule has 0 radical (unpaired) electrons. The molecule has 6 heteroatoms. The van der Waals surface area contributed by atoms with Crippen LogP contribution in [0.15, 0.2) is 12.1 Å². The number of methoxy groups -OCH3 is 3. The quantitative estimate of drug-likeness (QED) is 0.842. The molecule has 0 spiro atoms. The zero-order chi connectivity index (χ0) is 14.6. The maximum atomic E-state index is 9.41. The molecule has 1 rings (SSSR count). The lowest BCUT2D eigenvalue weighted by molar-refractivity contribution is 0.132. The SMILES string of the molecule is COc1cc([C@@H](N)C(C)(C)CO)cc(OC)c1OC.Cl. The molecular weight excluding hydrogens is 282 g/mol. The van der Waals surface area contributed by atoms with Gasteiger partial charge in [0.05, 0.1) is 21.3 Å². The maximum Gasteiger partial charge on any atom is 0.203 e. The van der Waals surface area contributed by atoms with Gasteiger partial charge in [-0.2, -0.15) is 0 Å². The second kappa shape index (κ2) is 7.57. The number of halogens is 1. The van der Waals surface area contributed by atoms with Gasteiger partial charge >= 0.3 is 0 Å². The van der Waals surface area contributed by atoms with E-state index in [0.717, 1.165) is 5.56 Å². The van der Waals surface area contributed by atoms with Gasteiger partial charge in [-0.15, -0.1) is 12.4 Å². The normalized spacial score (nSPS) is 12.3. The molecule has 116 valence electrons. The molecule has 0 heterocycles. The van der Waals surface area contributed by atoms with Crippen LogP contribution in [-0.2, 0) is 0 Å². The molecule has 1 aromatic rings. The van der Waals surface area contributed by atoms with Crippen LogP contribution in [0.1, 0.15) is 25.5 Å². The highest BCUT2D eigenvalue weighted by Crippen LogP contribution is 2.42. The predicted molar refractivity (Wildman–Crippen MR) is 81.1 cm³/mol. The van der Waals surface area contributed by atoms with Crippen LogP contribution in [0.2, 0.25) is 0 Å². The van der Waals surface area contributed by atoms with Crippen LogP contribution in [-0.4, -0.2) is 33.0 Å². The first kappa shape index (κ1) is 18.8. The molecule has 20 heavy (non-hydrogen) atoms. The zero-order valence-electron chi connectivity index (χ0n) is 12.6. The van der Waals surface area contributed by atoms with E-state index in [1.807, 2.05) is 26.0 Å². The number of hydrogen-bond acceptors (Lipinski definition) is 5. The summed E-state index contributed by atoms with van der Waals surface area (Å²) in [6, 6.07) is 3.28. The number of aliphatic hydroxyl groups is 1. The topological polar surface area (TPSA) is 73.9 Å². The van der Waals surface area contributed by atoms with Gasteiger partial charge in [0, 0.05) is 18.1 Å². The third kappa shape index (κ3) is 3.69. The Kier molecular flexibility index (Phi) is 7.13. The van der Waals surface area contributed by atoms with E-state index in [9.17, 15) is 5.11 Å². The Balaban J connectivity index is 0.00000361. The van der Waals surface area contributed by atoms with Crippen molar-refractivity contribution in [3.8, 4) is 17.2 Å². The number of nitrogens with two attached hydrogens (primary N) is 1. The molecule has 0 unspecified atom stereocenters. The molecule has 0 bridgehead atoms. The summed E-state index contributed by atoms with van der Waals surface area (Å²) in [5.74, 6) is 1.64. The fourth-order valence-electron chi connectivity index (χ4n) is 1.83. The summed E-state index contributed by atoms with van der Waals surface area (Å²) in [6.07, 6.45) is 0. The molecule has 0 fully saturated rings. The fourth-order valence-corrected chi connectivity index (χ4v) is 1.83. The first-order valence-electron chi connectivity index (χ1n) is 6.07. The van der Waals surface area contributed by atoms with Gasteiger partial charge in [0.1, 0.15) is 0 Å². The Hall–Kier alpha value is -1.17. The van der Waals surface area contributed by atoms with E-state index in [0.29, 0.717) is 17.2 Å². The highest BCUT2D eigenvalue weighted by Gasteiger charge is 2.28. The average molecular weight is 306 g/mol. The van der Waals surface area contributed by atoms with E-state index in [1.165, 1.54) is 0 Å². The number of hydrogen-bond donors (Lipinski definition) is 2. The number of benzene rings is 1. The van der Waals surface area contributed by atoms with Crippen molar-refractivity contribution in [2.45, 2.75) is 19.9 Å². The highest BCUT2D eigenvalue weighted by atomic mass is 35.5.